The molecule has 0 saturated heterocycles. The van der Waals surface area contributed by atoms with Crippen LogP contribution in [-0.2, 0) is 9.53 Å². The van der Waals surface area contributed by atoms with Crippen molar-refractivity contribution in [2.45, 2.75) is 55.1 Å². The number of hydrogen-bond acceptors (Lipinski definition) is 4. The molecule has 1 heterocycles. The molecule has 3 aliphatic carbocycles. The Kier molecular flexibility index (Phi) is 4.09. The van der Waals surface area contributed by atoms with Crippen LogP contribution in [0.1, 0.15) is 27.7 Å². The van der Waals surface area contributed by atoms with Gasteiger partial charge in [-0.25, -0.2) is 0 Å². The van der Waals surface area contributed by atoms with E-state index in [-0.39, 0.29) is 46.5 Å². The fourth-order valence-corrected chi connectivity index (χ4v) is 7.70. The van der Waals surface area contributed by atoms with E-state index in [0.717, 1.165) is 0 Å². The minimum atomic E-state index is -1.95. The molecule has 3 unspecified atom stereocenters. The van der Waals surface area contributed by atoms with Gasteiger partial charge in [0.1, 0.15) is 0 Å². The highest BCUT2D eigenvalue weighted by molar-refractivity contribution is 6.59. The van der Waals surface area contributed by atoms with Crippen molar-refractivity contribution in [1.29, 1.82) is 5.26 Å². The van der Waals surface area contributed by atoms with Crippen molar-refractivity contribution in [2.75, 3.05) is 0 Å². The molecule has 7 atom stereocenters. The van der Waals surface area contributed by atoms with Crippen LogP contribution in [0, 0.1) is 40.4 Å². The fraction of sp³-hybridized carbons (Fsp3) is 0.778. The average molecular weight is 438 g/mol. The Balaban J connectivity index is 1.81. The van der Waals surface area contributed by atoms with Crippen LogP contribution in [-0.4, -0.2) is 38.0 Å². The van der Waals surface area contributed by atoms with E-state index in [4.69, 9.17) is 51.1 Å². The Morgan fingerprint density at radius 2 is 1.58 bits per heavy atom. The van der Waals surface area contributed by atoms with Gasteiger partial charge in [-0.05, 0) is 50.9 Å². The van der Waals surface area contributed by atoms with E-state index in [9.17, 15) is 10.1 Å². The monoisotopic (exact) mass is 436 g/mol. The van der Waals surface area contributed by atoms with E-state index in [2.05, 4.69) is 6.07 Å². The third kappa shape index (κ3) is 1.91. The molecule has 0 aromatic rings. The molecule has 8 heteroatoms. The average Bonchev–Trinajstić information content (AvgIpc) is 2.71. The van der Waals surface area contributed by atoms with Crippen molar-refractivity contribution < 1.29 is 9.53 Å². The van der Waals surface area contributed by atoms with Crippen molar-refractivity contribution in [3.8, 4) is 6.07 Å². The summed E-state index contributed by atoms with van der Waals surface area (Å²) in [5, 5.41) is 9.28. The van der Waals surface area contributed by atoms with Crippen LogP contribution in [0.3, 0.4) is 0 Å². The molecule has 26 heavy (non-hydrogen) atoms. The van der Waals surface area contributed by atoms with Crippen LogP contribution in [0.15, 0.2) is 11.5 Å². The zero-order chi connectivity index (χ0) is 19.3. The Labute approximate surface area is 173 Å². The fourth-order valence-electron chi connectivity index (χ4n) is 5.81. The number of carbonyl (C=O) groups excluding carboxylic acids is 1. The number of nitrogens with zero attached hydrogens (tertiary/aromatic N) is 2. The first-order valence-corrected chi connectivity index (χ1v) is 10.5. The Bertz CT molecular complexity index is 731. The number of Topliss-reactive ketones (excluding diaryl/α,β-unsaturated/α-hetero) is 1. The highest BCUT2D eigenvalue weighted by Gasteiger charge is 2.88. The van der Waals surface area contributed by atoms with Gasteiger partial charge >= 0.3 is 4.52 Å². The van der Waals surface area contributed by atoms with Crippen molar-refractivity contribution >= 4 is 52.2 Å². The third-order valence-electron chi connectivity index (χ3n) is 6.64. The second kappa shape index (κ2) is 5.60. The zero-order valence-electron chi connectivity index (χ0n) is 14.8. The number of ether oxygens (including phenoxy) is 1. The number of hydrogen-bond donors (Lipinski definition) is 0. The van der Waals surface area contributed by atoms with Gasteiger partial charge in [-0.2, -0.15) is 5.26 Å². The highest BCUT2D eigenvalue weighted by Crippen LogP contribution is 2.84. The van der Waals surface area contributed by atoms with Crippen molar-refractivity contribution in [3.05, 3.63) is 11.5 Å². The molecule has 3 saturated carbocycles. The predicted molar refractivity (Wildman–Crippen MR) is 101 cm³/mol. The Morgan fingerprint density at radius 3 is 2.00 bits per heavy atom. The molecule has 0 spiro atoms. The lowest BCUT2D eigenvalue weighted by Gasteiger charge is -2.81. The summed E-state index contributed by atoms with van der Waals surface area (Å²) < 4.78 is 3.79. The molecule has 4 nitrogen and oxygen atoms in total. The standard InChI is InChI=1S/C18H20Cl4N2O2/c1-6(2)24(7(3)4)16-9(15(25)18(21,22)26-16)8-10-13(19)12-14(20)11(8)17(10,12)5-23/h6-8,10-14H,1-4H3/t8?,10-,11+,12?,13-,14+,17?. The summed E-state index contributed by atoms with van der Waals surface area (Å²) in [4.78, 5) is 15.0. The molecular formula is C18H20Cl4N2O2. The maximum Gasteiger partial charge on any atom is 0.324 e. The number of ketones is 1. The molecule has 4 rings (SSSR count). The van der Waals surface area contributed by atoms with Crippen LogP contribution in [0.25, 0.3) is 0 Å². The van der Waals surface area contributed by atoms with E-state index < -0.39 is 15.7 Å². The molecule has 1 aliphatic heterocycles. The molecule has 4 aliphatic rings. The van der Waals surface area contributed by atoms with Gasteiger partial charge in [0.2, 0.25) is 11.7 Å². The molecule has 0 aromatic carbocycles. The number of nitriles is 1. The van der Waals surface area contributed by atoms with Gasteiger partial charge in [-0.3, -0.25) is 4.79 Å². The minimum Gasteiger partial charge on any atom is -0.435 e. The Hall–Kier alpha value is -0.340. The molecule has 0 radical (unpaired) electrons. The molecule has 142 valence electrons. The highest BCUT2D eigenvalue weighted by atomic mass is 35.5. The van der Waals surface area contributed by atoms with E-state index in [1.165, 1.54) is 0 Å². The van der Waals surface area contributed by atoms with E-state index in [1.807, 2.05) is 32.6 Å². The number of halogens is 4. The molecule has 0 bridgehead atoms. The van der Waals surface area contributed by atoms with E-state index >= 15 is 0 Å². The summed E-state index contributed by atoms with van der Waals surface area (Å²) in [5.74, 6) is -0.523. The lowest BCUT2D eigenvalue weighted by atomic mass is 9.23. The summed E-state index contributed by atoms with van der Waals surface area (Å²) in [6.07, 6.45) is 0. The van der Waals surface area contributed by atoms with Crippen molar-refractivity contribution in [3.63, 3.8) is 0 Å². The molecule has 0 amide bonds. The van der Waals surface area contributed by atoms with Crippen LogP contribution in [0.4, 0.5) is 0 Å². The van der Waals surface area contributed by atoms with Gasteiger partial charge in [0.15, 0.2) is 0 Å². The quantitative estimate of drug-likeness (QED) is 0.616. The van der Waals surface area contributed by atoms with Gasteiger partial charge in [0, 0.05) is 46.5 Å². The van der Waals surface area contributed by atoms with Gasteiger partial charge in [0.25, 0.3) is 0 Å². The number of rotatable bonds is 4. The van der Waals surface area contributed by atoms with Crippen LogP contribution >= 0.6 is 46.4 Å². The SMILES string of the molecule is CC(C)N(C1=C(C2[C@@H]3[C@@H](Cl)C4[C@@H](Cl)[C@H]2C43C#N)C(=O)C(Cl)(Cl)O1)C(C)C. The van der Waals surface area contributed by atoms with Gasteiger partial charge in [0.05, 0.1) is 17.1 Å². The normalized spacial score (nSPS) is 44.7. The lowest BCUT2D eigenvalue weighted by molar-refractivity contribution is -0.277. The number of alkyl halides is 4. The molecule has 0 N–H and O–H groups in total. The van der Waals surface area contributed by atoms with Crippen molar-refractivity contribution in [2.24, 2.45) is 29.1 Å². The van der Waals surface area contributed by atoms with Gasteiger partial charge < -0.3 is 9.64 Å². The van der Waals surface area contributed by atoms with Gasteiger partial charge in [-0.1, -0.05) is 0 Å². The number of carbonyl (C=O) groups is 1. The molecule has 0 aromatic heterocycles. The maximum atomic E-state index is 13.0. The first-order chi connectivity index (χ1) is 12.0. The summed E-state index contributed by atoms with van der Waals surface area (Å²) >= 11 is 25.5. The van der Waals surface area contributed by atoms with E-state index in [0.29, 0.717) is 11.5 Å². The summed E-state index contributed by atoms with van der Waals surface area (Å²) in [6.45, 7) is 8.05. The van der Waals surface area contributed by atoms with Crippen LogP contribution < -0.4 is 0 Å². The maximum absolute atomic E-state index is 13.0. The summed E-state index contributed by atoms with van der Waals surface area (Å²) in [6, 6.07) is 2.58. The Morgan fingerprint density at radius 1 is 1.08 bits per heavy atom. The predicted octanol–water partition coefficient (Wildman–Crippen LogP) is 4.28. The first kappa shape index (κ1) is 19.0. The van der Waals surface area contributed by atoms with Crippen LogP contribution in [0.2, 0.25) is 0 Å². The largest absolute Gasteiger partial charge is 0.435 e. The molecular weight excluding hydrogens is 418 g/mol. The summed E-state index contributed by atoms with van der Waals surface area (Å²) in [7, 11) is 0. The summed E-state index contributed by atoms with van der Waals surface area (Å²) in [5.41, 5.74) is -0.0561. The second-order valence-electron chi connectivity index (χ2n) is 8.30. The zero-order valence-corrected chi connectivity index (χ0v) is 17.9. The van der Waals surface area contributed by atoms with Crippen LogP contribution in [0.5, 0.6) is 0 Å². The topological polar surface area (TPSA) is 53.3 Å². The van der Waals surface area contributed by atoms with E-state index in [1.54, 1.807) is 0 Å². The second-order valence-corrected chi connectivity index (χ2v) is 10.6. The first-order valence-electron chi connectivity index (χ1n) is 8.85. The lowest BCUT2D eigenvalue weighted by Crippen LogP contribution is -2.87. The molecule has 3 fully saturated rings. The minimum absolute atomic E-state index is 0.00776. The van der Waals surface area contributed by atoms with Crippen molar-refractivity contribution in [1.82, 2.24) is 4.90 Å². The third-order valence-corrected chi connectivity index (χ3v) is 8.22. The van der Waals surface area contributed by atoms with Gasteiger partial charge in [-0.15, -0.1) is 23.2 Å². The smallest absolute Gasteiger partial charge is 0.324 e.